The predicted molar refractivity (Wildman–Crippen MR) is 126 cm³/mol. The average Bonchev–Trinajstić information content (AvgIpc) is 3.45. The fourth-order valence-electron chi connectivity index (χ4n) is 5.78. The maximum absolute atomic E-state index is 12.9. The first-order valence-electron chi connectivity index (χ1n) is 12.1. The van der Waals surface area contributed by atoms with Crippen LogP contribution in [0.1, 0.15) is 49.1 Å². The first kappa shape index (κ1) is 22.4. The zero-order valence-electron chi connectivity index (χ0n) is 19.1. The quantitative estimate of drug-likeness (QED) is 0.700. The summed E-state index contributed by atoms with van der Waals surface area (Å²) < 4.78 is 5.64. The highest BCUT2D eigenvalue weighted by Crippen LogP contribution is 2.44. The van der Waals surface area contributed by atoms with Gasteiger partial charge in [0.1, 0.15) is 6.61 Å². The van der Waals surface area contributed by atoms with E-state index in [0.717, 1.165) is 12.8 Å². The maximum Gasteiger partial charge on any atom is 0.407 e. The van der Waals surface area contributed by atoms with E-state index in [4.69, 9.17) is 4.74 Å². The van der Waals surface area contributed by atoms with Crippen molar-refractivity contribution in [2.24, 2.45) is 11.8 Å². The number of aliphatic carboxylic acids is 1. The molecule has 0 bridgehead atoms. The number of piperidine rings is 1. The van der Waals surface area contributed by atoms with E-state index in [1.165, 1.54) is 22.3 Å². The molecule has 3 aliphatic rings. The molecule has 0 aromatic heterocycles. The van der Waals surface area contributed by atoms with Crippen molar-refractivity contribution < 1.29 is 24.2 Å². The number of nitrogens with zero attached hydrogens (tertiary/aromatic N) is 1. The highest BCUT2D eigenvalue weighted by atomic mass is 16.5. The van der Waals surface area contributed by atoms with Gasteiger partial charge in [-0.1, -0.05) is 48.5 Å². The molecule has 0 radical (unpaired) electrons. The van der Waals surface area contributed by atoms with Crippen LogP contribution in [0.3, 0.4) is 0 Å². The molecule has 1 aliphatic heterocycles. The van der Waals surface area contributed by atoms with Crippen LogP contribution in [0.5, 0.6) is 0 Å². The van der Waals surface area contributed by atoms with Gasteiger partial charge in [0.2, 0.25) is 5.91 Å². The van der Waals surface area contributed by atoms with E-state index in [1.807, 2.05) is 24.3 Å². The third kappa shape index (κ3) is 4.39. The molecule has 2 aliphatic carbocycles. The summed E-state index contributed by atoms with van der Waals surface area (Å²) in [5.74, 6) is -1.46. The van der Waals surface area contributed by atoms with E-state index in [2.05, 4.69) is 29.6 Å². The number of carbonyl (C=O) groups excluding carboxylic acids is 2. The van der Waals surface area contributed by atoms with Crippen molar-refractivity contribution in [3.8, 4) is 11.1 Å². The van der Waals surface area contributed by atoms with Crippen molar-refractivity contribution >= 4 is 18.0 Å². The molecule has 7 nitrogen and oxygen atoms in total. The second-order valence-electron chi connectivity index (χ2n) is 9.64. The monoisotopic (exact) mass is 462 g/mol. The zero-order valence-corrected chi connectivity index (χ0v) is 19.1. The zero-order chi connectivity index (χ0) is 23.7. The molecule has 34 heavy (non-hydrogen) atoms. The maximum atomic E-state index is 12.9. The summed E-state index contributed by atoms with van der Waals surface area (Å²) in [6.07, 6.45) is 2.87. The number of benzene rings is 2. The van der Waals surface area contributed by atoms with E-state index >= 15 is 0 Å². The van der Waals surface area contributed by atoms with Gasteiger partial charge in [-0.25, -0.2) is 4.79 Å². The molecule has 0 spiro atoms. The number of alkyl carbamates (subject to hydrolysis) is 1. The molecule has 1 saturated carbocycles. The Morgan fingerprint density at radius 2 is 1.62 bits per heavy atom. The standard InChI is InChI=1S/C27H30N2O5/c30-25(29-13-5-6-18(15-29)26(31)32)17-11-12-19(14-17)28-27(33)34-16-24-22-9-3-1-7-20(22)21-8-2-4-10-23(21)24/h1-4,7-10,17-19,24H,5-6,11-16H2,(H,28,33)(H,31,32)/t17-,18-,19+/m1/s1. The predicted octanol–water partition coefficient (Wildman–Crippen LogP) is 4.02. The van der Waals surface area contributed by atoms with E-state index in [1.54, 1.807) is 4.90 Å². The number of rotatable bonds is 5. The van der Waals surface area contributed by atoms with Crippen LogP contribution in [0.15, 0.2) is 48.5 Å². The van der Waals surface area contributed by atoms with Gasteiger partial charge in [-0.05, 0) is 54.4 Å². The summed E-state index contributed by atoms with van der Waals surface area (Å²) in [6.45, 7) is 1.16. The van der Waals surface area contributed by atoms with Crippen LogP contribution in [-0.2, 0) is 14.3 Å². The van der Waals surface area contributed by atoms with Crippen molar-refractivity contribution in [3.63, 3.8) is 0 Å². The normalized spacial score (nSPS) is 23.8. The molecular weight excluding hydrogens is 432 g/mol. The van der Waals surface area contributed by atoms with Gasteiger partial charge < -0.3 is 20.1 Å². The first-order chi connectivity index (χ1) is 16.5. The third-order valence-corrected chi connectivity index (χ3v) is 7.53. The minimum Gasteiger partial charge on any atom is -0.481 e. The number of fused-ring (bicyclic) bond motifs is 3. The molecule has 5 rings (SSSR count). The Bertz CT molecular complexity index is 1050. The number of likely N-dealkylation sites (tertiary alicyclic amines) is 1. The lowest BCUT2D eigenvalue weighted by Crippen LogP contribution is -2.45. The highest BCUT2D eigenvalue weighted by Gasteiger charge is 2.36. The van der Waals surface area contributed by atoms with Gasteiger partial charge in [-0.3, -0.25) is 9.59 Å². The van der Waals surface area contributed by atoms with Crippen molar-refractivity contribution in [1.82, 2.24) is 10.2 Å². The van der Waals surface area contributed by atoms with Gasteiger partial charge in [-0.2, -0.15) is 0 Å². The number of amides is 2. The minimum absolute atomic E-state index is 0.0114. The SMILES string of the molecule is O=C(N[C@H]1CC[C@@H](C(=O)N2CCC[C@@H](C(=O)O)C2)C1)OCC1c2ccccc2-c2ccccc21. The molecule has 1 saturated heterocycles. The lowest BCUT2D eigenvalue weighted by atomic mass is 9.96. The van der Waals surface area contributed by atoms with Gasteiger partial charge in [0.25, 0.3) is 0 Å². The van der Waals surface area contributed by atoms with Crippen LogP contribution in [0.25, 0.3) is 11.1 Å². The molecule has 7 heteroatoms. The van der Waals surface area contributed by atoms with Gasteiger partial charge in [-0.15, -0.1) is 0 Å². The first-order valence-corrected chi connectivity index (χ1v) is 12.1. The Balaban J connectivity index is 1.14. The number of ether oxygens (including phenoxy) is 1. The Morgan fingerprint density at radius 3 is 2.29 bits per heavy atom. The molecule has 2 N–H and O–H groups in total. The molecule has 3 atom stereocenters. The third-order valence-electron chi connectivity index (χ3n) is 7.53. The van der Waals surface area contributed by atoms with E-state index < -0.39 is 18.0 Å². The average molecular weight is 463 g/mol. The second-order valence-corrected chi connectivity index (χ2v) is 9.64. The summed E-state index contributed by atoms with van der Waals surface area (Å²) in [5.41, 5.74) is 4.72. The van der Waals surface area contributed by atoms with Crippen LogP contribution < -0.4 is 5.32 Å². The smallest absolute Gasteiger partial charge is 0.407 e. The van der Waals surface area contributed by atoms with Gasteiger partial charge in [0.15, 0.2) is 0 Å². The fourth-order valence-corrected chi connectivity index (χ4v) is 5.78. The summed E-state index contributed by atoms with van der Waals surface area (Å²) in [5, 5.41) is 12.2. The number of carbonyl (C=O) groups is 3. The topological polar surface area (TPSA) is 95.9 Å². The van der Waals surface area contributed by atoms with Crippen LogP contribution in [-0.4, -0.2) is 53.7 Å². The van der Waals surface area contributed by atoms with Crippen molar-refractivity contribution in [2.45, 2.75) is 44.1 Å². The van der Waals surface area contributed by atoms with Gasteiger partial charge in [0, 0.05) is 31.0 Å². The largest absolute Gasteiger partial charge is 0.481 e. The Hall–Kier alpha value is -3.35. The number of hydrogen-bond donors (Lipinski definition) is 2. The van der Waals surface area contributed by atoms with Crippen LogP contribution >= 0.6 is 0 Å². The van der Waals surface area contributed by atoms with E-state index in [0.29, 0.717) is 25.8 Å². The van der Waals surface area contributed by atoms with Gasteiger partial charge in [0.05, 0.1) is 5.92 Å². The molecule has 2 fully saturated rings. The van der Waals surface area contributed by atoms with Crippen LogP contribution in [0, 0.1) is 11.8 Å². The van der Waals surface area contributed by atoms with Crippen molar-refractivity contribution in [2.75, 3.05) is 19.7 Å². The lowest BCUT2D eigenvalue weighted by molar-refractivity contribution is -0.146. The summed E-state index contributed by atoms with van der Waals surface area (Å²) in [4.78, 5) is 38.5. The number of nitrogens with one attached hydrogen (secondary N) is 1. The summed E-state index contributed by atoms with van der Waals surface area (Å²) in [6, 6.07) is 16.3. The molecule has 2 aromatic carbocycles. The summed E-state index contributed by atoms with van der Waals surface area (Å²) >= 11 is 0. The summed E-state index contributed by atoms with van der Waals surface area (Å²) in [7, 11) is 0. The minimum atomic E-state index is -0.835. The van der Waals surface area contributed by atoms with E-state index in [9.17, 15) is 19.5 Å². The number of hydrogen-bond acceptors (Lipinski definition) is 4. The second kappa shape index (κ2) is 9.49. The van der Waals surface area contributed by atoms with E-state index in [-0.39, 0.29) is 36.9 Å². The molecular formula is C27H30N2O5. The highest BCUT2D eigenvalue weighted by molar-refractivity contribution is 5.81. The molecule has 2 aromatic rings. The van der Waals surface area contributed by atoms with Crippen molar-refractivity contribution in [1.29, 1.82) is 0 Å². The molecule has 2 amide bonds. The Morgan fingerprint density at radius 1 is 0.941 bits per heavy atom. The molecule has 1 heterocycles. The Kier molecular flexibility index (Phi) is 6.26. The number of carboxylic acid groups (broad SMARTS) is 1. The Labute approximate surface area is 199 Å². The molecule has 0 unspecified atom stereocenters. The van der Waals surface area contributed by atoms with Crippen molar-refractivity contribution in [3.05, 3.63) is 59.7 Å². The lowest BCUT2D eigenvalue weighted by Gasteiger charge is -2.32. The van der Waals surface area contributed by atoms with Crippen LogP contribution in [0.4, 0.5) is 4.79 Å². The fraction of sp³-hybridized carbons (Fsp3) is 0.444. The van der Waals surface area contributed by atoms with Gasteiger partial charge >= 0.3 is 12.1 Å². The molecule has 178 valence electrons. The van der Waals surface area contributed by atoms with Crippen LogP contribution in [0.2, 0.25) is 0 Å². The number of carboxylic acids is 1.